The molecule has 1 saturated heterocycles. The van der Waals surface area contributed by atoms with Gasteiger partial charge in [-0.3, -0.25) is 4.57 Å². The average molecular weight is 340 g/mol. The van der Waals surface area contributed by atoms with E-state index in [0.717, 1.165) is 0 Å². The van der Waals surface area contributed by atoms with Crippen LogP contribution in [0.1, 0.15) is 11.9 Å². The molecule has 2 aliphatic rings. The predicted molar refractivity (Wildman–Crippen MR) is 81.3 cm³/mol. The van der Waals surface area contributed by atoms with Crippen LogP contribution in [0.2, 0.25) is 0 Å². The summed E-state index contributed by atoms with van der Waals surface area (Å²) in [6.45, 7) is 3.26. The zero-order chi connectivity index (χ0) is 16.8. The Morgan fingerprint density at radius 1 is 1.61 bits per heavy atom. The number of aromatic nitrogens is 2. The highest BCUT2D eigenvalue weighted by Gasteiger charge is 2.56. The van der Waals surface area contributed by atoms with E-state index in [0.29, 0.717) is 11.4 Å². The van der Waals surface area contributed by atoms with E-state index in [2.05, 4.69) is 27.8 Å². The maximum Gasteiger partial charge on any atom is 0.200 e. The van der Waals surface area contributed by atoms with Crippen LogP contribution in [0.4, 0.5) is 5.82 Å². The van der Waals surface area contributed by atoms with Crippen molar-refractivity contribution in [1.29, 1.82) is 0 Å². The second-order valence-electron chi connectivity index (χ2n) is 5.12. The number of fused-ring (bicyclic) bond motifs is 1. The molecule has 4 atom stereocenters. The van der Waals surface area contributed by atoms with E-state index in [4.69, 9.17) is 22.1 Å². The molecule has 10 heteroatoms. The van der Waals surface area contributed by atoms with Crippen LogP contribution in [0.25, 0.3) is 5.70 Å². The predicted octanol–water partition coefficient (Wildman–Crippen LogP) is -1.42. The van der Waals surface area contributed by atoms with Crippen molar-refractivity contribution < 1.29 is 20.1 Å². The van der Waals surface area contributed by atoms with Crippen molar-refractivity contribution in [2.24, 2.45) is 10.7 Å². The largest absolute Gasteiger partial charge is 0.394 e. The third-order valence-electron chi connectivity index (χ3n) is 3.72. The van der Waals surface area contributed by atoms with Crippen molar-refractivity contribution in [1.82, 2.24) is 14.9 Å². The SMILES string of the molecule is C=C1NC(N)=Nc2c1ncn2[C@@H]1OC(CO)C(O)[C@]1(O)C#CCl. The van der Waals surface area contributed by atoms with Crippen molar-refractivity contribution in [3.63, 3.8) is 0 Å². The van der Waals surface area contributed by atoms with Gasteiger partial charge in [-0.1, -0.05) is 6.58 Å². The number of aliphatic hydroxyl groups is 3. The molecule has 0 radical (unpaired) electrons. The molecule has 2 unspecified atom stereocenters. The third kappa shape index (κ3) is 2.28. The Bertz CT molecular complexity index is 751. The number of hydrogen-bond donors (Lipinski definition) is 5. The van der Waals surface area contributed by atoms with Gasteiger partial charge in [0.2, 0.25) is 5.60 Å². The number of halogens is 1. The number of nitrogens with two attached hydrogens (primary N) is 1. The first-order chi connectivity index (χ1) is 10.9. The molecular formula is C13H14ClN5O4. The second-order valence-corrected chi connectivity index (χ2v) is 5.31. The fraction of sp³-hybridized carbons (Fsp3) is 0.385. The molecular weight excluding hydrogens is 326 g/mol. The lowest BCUT2D eigenvalue weighted by atomic mass is 9.95. The second kappa shape index (κ2) is 5.52. The monoisotopic (exact) mass is 339 g/mol. The number of nitrogens with one attached hydrogen (secondary N) is 1. The number of aliphatic imine (C=N–C) groups is 1. The van der Waals surface area contributed by atoms with Gasteiger partial charge in [0.05, 0.1) is 18.6 Å². The van der Waals surface area contributed by atoms with E-state index in [1.807, 2.05) is 5.38 Å². The van der Waals surface area contributed by atoms with Gasteiger partial charge in [0.15, 0.2) is 18.0 Å². The lowest BCUT2D eigenvalue weighted by molar-refractivity contribution is -0.0731. The van der Waals surface area contributed by atoms with Crippen molar-refractivity contribution in [2.75, 3.05) is 6.61 Å². The number of imidazole rings is 1. The molecule has 0 aliphatic carbocycles. The zero-order valence-electron chi connectivity index (χ0n) is 11.8. The molecule has 1 aromatic heterocycles. The Labute approximate surface area is 136 Å². The maximum absolute atomic E-state index is 10.7. The van der Waals surface area contributed by atoms with Gasteiger partial charge in [0.1, 0.15) is 17.9 Å². The van der Waals surface area contributed by atoms with Crippen molar-refractivity contribution in [2.45, 2.75) is 24.0 Å². The minimum atomic E-state index is -2.06. The Morgan fingerprint density at radius 2 is 2.35 bits per heavy atom. The van der Waals surface area contributed by atoms with E-state index in [9.17, 15) is 15.3 Å². The zero-order valence-corrected chi connectivity index (χ0v) is 12.5. The van der Waals surface area contributed by atoms with E-state index >= 15 is 0 Å². The van der Waals surface area contributed by atoms with Gasteiger partial charge < -0.3 is 31.1 Å². The fourth-order valence-corrected chi connectivity index (χ4v) is 2.76. The van der Waals surface area contributed by atoms with Gasteiger partial charge >= 0.3 is 0 Å². The van der Waals surface area contributed by atoms with Crippen LogP contribution in [0.3, 0.4) is 0 Å². The number of guanidine groups is 1. The smallest absolute Gasteiger partial charge is 0.200 e. The highest BCUT2D eigenvalue weighted by Crippen LogP contribution is 2.41. The summed E-state index contributed by atoms with van der Waals surface area (Å²) in [5, 5.41) is 35.0. The van der Waals surface area contributed by atoms with Crippen LogP contribution in [0.5, 0.6) is 0 Å². The summed E-state index contributed by atoms with van der Waals surface area (Å²) >= 11 is 5.40. The summed E-state index contributed by atoms with van der Waals surface area (Å²) in [5.74, 6) is 2.69. The fourth-order valence-electron chi connectivity index (χ4n) is 2.61. The van der Waals surface area contributed by atoms with Gasteiger partial charge in [0.25, 0.3) is 0 Å². The van der Waals surface area contributed by atoms with Crippen molar-refractivity contribution in [3.8, 4) is 11.3 Å². The summed E-state index contributed by atoms with van der Waals surface area (Å²) in [6.07, 6.45) is -2.38. The van der Waals surface area contributed by atoms with Crippen LogP contribution >= 0.6 is 11.6 Å². The Kier molecular flexibility index (Phi) is 3.79. The van der Waals surface area contributed by atoms with Gasteiger partial charge in [0, 0.05) is 5.38 Å². The summed E-state index contributed by atoms with van der Waals surface area (Å²) in [6, 6.07) is 0. The molecule has 0 saturated carbocycles. The van der Waals surface area contributed by atoms with Crippen LogP contribution in [0.15, 0.2) is 17.9 Å². The van der Waals surface area contributed by atoms with E-state index in [-0.39, 0.29) is 11.8 Å². The standard InChI is InChI=1S/C13H14ClN5O4/c1-6-8-10(18-12(15)17-6)19(5-16-8)11-13(22,2-3-14)9(21)7(4-20)23-11/h5,7,9,11,20-22H,1,4H2,(H3,15,17,18)/t7?,9?,11-,13-/m1/s1. The molecule has 9 nitrogen and oxygen atoms in total. The summed E-state index contributed by atoms with van der Waals surface area (Å²) in [5.41, 5.74) is 4.45. The molecule has 0 amide bonds. The van der Waals surface area contributed by atoms with Gasteiger partial charge in [-0.2, -0.15) is 4.99 Å². The minimum Gasteiger partial charge on any atom is -0.394 e. The molecule has 6 N–H and O–H groups in total. The quantitative estimate of drug-likeness (QED) is 0.417. The van der Waals surface area contributed by atoms with Crippen LogP contribution in [-0.2, 0) is 4.74 Å². The minimum absolute atomic E-state index is 0.0912. The topological polar surface area (TPSA) is 138 Å². The molecule has 2 aliphatic heterocycles. The number of ether oxygens (including phenoxy) is 1. The molecule has 3 rings (SSSR count). The number of hydrogen-bond acceptors (Lipinski definition) is 8. The summed E-state index contributed by atoms with van der Waals surface area (Å²) < 4.78 is 6.88. The molecule has 0 aromatic carbocycles. The van der Waals surface area contributed by atoms with Crippen LogP contribution < -0.4 is 11.1 Å². The van der Waals surface area contributed by atoms with Gasteiger partial charge in [-0.05, 0) is 17.5 Å². The first kappa shape index (κ1) is 15.8. The summed E-state index contributed by atoms with van der Waals surface area (Å²) in [4.78, 5) is 8.25. The summed E-state index contributed by atoms with van der Waals surface area (Å²) in [7, 11) is 0. The molecule has 1 fully saturated rings. The number of aliphatic hydroxyl groups excluding tert-OH is 2. The number of rotatable bonds is 2. The molecule has 0 spiro atoms. The van der Waals surface area contributed by atoms with Crippen LogP contribution in [0, 0.1) is 11.3 Å². The molecule has 122 valence electrons. The molecule has 0 bridgehead atoms. The highest BCUT2D eigenvalue weighted by atomic mass is 35.5. The van der Waals surface area contributed by atoms with E-state index < -0.39 is 30.6 Å². The van der Waals surface area contributed by atoms with Gasteiger partial charge in [-0.25, -0.2) is 4.98 Å². The van der Waals surface area contributed by atoms with E-state index in [1.54, 1.807) is 0 Å². The van der Waals surface area contributed by atoms with Gasteiger partial charge in [-0.15, -0.1) is 0 Å². The Morgan fingerprint density at radius 3 is 3.00 bits per heavy atom. The highest BCUT2D eigenvalue weighted by molar-refractivity contribution is 6.30. The first-order valence-electron chi connectivity index (χ1n) is 6.59. The lowest BCUT2D eigenvalue weighted by Crippen LogP contribution is -2.45. The Hall–Kier alpha value is -2.09. The van der Waals surface area contributed by atoms with Crippen molar-refractivity contribution in [3.05, 3.63) is 18.6 Å². The number of nitrogens with zero attached hydrogens (tertiary/aromatic N) is 3. The molecule has 23 heavy (non-hydrogen) atoms. The van der Waals surface area contributed by atoms with E-state index in [1.165, 1.54) is 10.9 Å². The first-order valence-corrected chi connectivity index (χ1v) is 6.97. The van der Waals surface area contributed by atoms with Crippen molar-refractivity contribution >= 4 is 29.1 Å². The van der Waals surface area contributed by atoms with Crippen LogP contribution in [-0.4, -0.2) is 55.2 Å². The Balaban J connectivity index is 2.11. The molecule has 1 aromatic rings. The maximum atomic E-state index is 10.7. The lowest BCUT2D eigenvalue weighted by Gasteiger charge is -2.27. The third-order valence-corrected chi connectivity index (χ3v) is 3.82. The average Bonchev–Trinajstić information content (AvgIpc) is 3.01. The molecule has 3 heterocycles. The normalized spacial score (nSPS) is 32.6.